The number of nitrogens with one attached hydrogen (secondary N) is 1. The predicted octanol–water partition coefficient (Wildman–Crippen LogP) is 3.53. The van der Waals surface area contributed by atoms with Gasteiger partial charge in [0.1, 0.15) is 5.69 Å². The Morgan fingerprint density at radius 2 is 2.19 bits per heavy atom. The smallest absolute Gasteiger partial charge is 0.270 e. The quantitative estimate of drug-likeness (QED) is 0.709. The van der Waals surface area contributed by atoms with E-state index in [1.807, 2.05) is 22.9 Å². The molecule has 1 aromatic carbocycles. The van der Waals surface area contributed by atoms with Crippen LogP contribution in [0.5, 0.6) is 0 Å². The first kappa shape index (κ1) is 18.2. The largest absolute Gasteiger partial charge is 0.347 e. The van der Waals surface area contributed by atoms with Gasteiger partial charge in [-0.1, -0.05) is 30.3 Å². The molecular weight excluding hydrogens is 356 g/mol. The molecule has 0 saturated carbocycles. The lowest BCUT2D eigenvalue weighted by molar-refractivity contribution is 0.0896. The number of aromatic nitrogens is 2. The summed E-state index contributed by atoms with van der Waals surface area (Å²) in [5, 5.41) is 5.21. The Morgan fingerprint density at radius 3 is 3.04 bits per heavy atom. The van der Waals surface area contributed by atoms with Crippen molar-refractivity contribution in [1.29, 1.82) is 0 Å². The molecule has 1 saturated heterocycles. The van der Waals surface area contributed by atoms with Crippen LogP contribution in [0.2, 0.25) is 0 Å². The van der Waals surface area contributed by atoms with Gasteiger partial charge in [0.2, 0.25) is 0 Å². The lowest BCUT2D eigenvalue weighted by Crippen LogP contribution is -2.48. The molecule has 4 rings (SSSR count). The maximum absolute atomic E-state index is 12.8. The van der Waals surface area contributed by atoms with Crippen molar-refractivity contribution in [3.63, 3.8) is 0 Å². The maximum atomic E-state index is 12.8. The number of carbonyl (C=O) groups excluding carboxylic acids is 1. The number of hydrogen-bond donors (Lipinski definition) is 1. The molecule has 1 N–H and O–H groups in total. The first-order valence-electron chi connectivity index (χ1n) is 9.70. The fraction of sp³-hybridized carbons (Fsp3) is 0.429. The summed E-state index contributed by atoms with van der Waals surface area (Å²) in [6, 6.07) is 10.9. The molecule has 0 bridgehead atoms. The Bertz CT molecular complexity index is 901. The number of amides is 1. The zero-order valence-electron chi connectivity index (χ0n) is 15.7. The fourth-order valence-electron chi connectivity index (χ4n) is 3.95. The Labute approximate surface area is 164 Å². The van der Waals surface area contributed by atoms with Crippen molar-refractivity contribution >= 4 is 22.2 Å². The molecule has 1 amide bonds. The molecule has 5 nitrogen and oxygen atoms in total. The molecule has 6 heteroatoms. The highest BCUT2D eigenvalue weighted by Gasteiger charge is 2.24. The highest BCUT2D eigenvalue weighted by Crippen LogP contribution is 2.18. The average Bonchev–Trinajstić information content (AvgIpc) is 3.22. The van der Waals surface area contributed by atoms with Crippen molar-refractivity contribution in [3.8, 4) is 0 Å². The van der Waals surface area contributed by atoms with Crippen molar-refractivity contribution in [2.45, 2.75) is 38.6 Å². The topological polar surface area (TPSA) is 49.6 Å². The van der Waals surface area contributed by atoms with E-state index in [0.29, 0.717) is 5.69 Å². The molecule has 3 heterocycles. The van der Waals surface area contributed by atoms with Crippen LogP contribution in [0, 0.1) is 6.92 Å². The van der Waals surface area contributed by atoms with Gasteiger partial charge in [-0.3, -0.25) is 9.20 Å². The number of rotatable bonds is 6. The Hall–Kier alpha value is -2.18. The summed E-state index contributed by atoms with van der Waals surface area (Å²) in [5.74, 6) is -0.00506. The van der Waals surface area contributed by atoms with Gasteiger partial charge >= 0.3 is 0 Å². The molecule has 1 aliphatic rings. The van der Waals surface area contributed by atoms with E-state index in [1.54, 1.807) is 11.3 Å². The number of imidazole rings is 1. The molecule has 1 atom stereocenters. The second-order valence-corrected chi connectivity index (χ2v) is 8.18. The van der Waals surface area contributed by atoms with Gasteiger partial charge in [-0.2, -0.15) is 0 Å². The molecule has 0 aliphatic carbocycles. The van der Waals surface area contributed by atoms with E-state index in [9.17, 15) is 4.79 Å². The zero-order valence-corrected chi connectivity index (χ0v) is 16.5. The van der Waals surface area contributed by atoms with Crippen molar-refractivity contribution < 1.29 is 4.79 Å². The molecule has 1 aliphatic heterocycles. The lowest BCUT2D eigenvalue weighted by atomic mass is 10.0. The standard InChI is InChI=1S/C21H26N4OS/c1-16-19(25-13-14-27-21(25)22-16)20(26)23-18-10-6-12-24(15-18)11-5-9-17-7-3-2-4-8-17/h2-4,7-8,13-14,18H,5-6,9-12,15H2,1H3,(H,23,26)/t18-/m0/s1. The molecule has 1 fully saturated rings. The monoisotopic (exact) mass is 382 g/mol. The normalized spacial score (nSPS) is 18.0. The van der Waals surface area contributed by atoms with Gasteiger partial charge in [-0.05, 0) is 51.3 Å². The van der Waals surface area contributed by atoms with E-state index in [4.69, 9.17) is 0 Å². The number of benzene rings is 1. The summed E-state index contributed by atoms with van der Waals surface area (Å²) in [4.78, 5) is 20.7. The lowest BCUT2D eigenvalue weighted by Gasteiger charge is -2.33. The molecule has 0 unspecified atom stereocenters. The van der Waals surface area contributed by atoms with Crippen LogP contribution in [0.15, 0.2) is 41.9 Å². The summed E-state index contributed by atoms with van der Waals surface area (Å²) in [7, 11) is 0. The number of likely N-dealkylation sites (tertiary alicyclic amines) is 1. The Morgan fingerprint density at radius 1 is 1.33 bits per heavy atom. The minimum atomic E-state index is -0.00506. The molecule has 3 aromatic rings. The van der Waals surface area contributed by atoms with E-state index >= 15 is 0 Å². The SMILES string of the molecule is Cc1nc2sccn2c1C(=O)N[C@H]1CCCN(CCCc2ccccc2)C1. The summed E-state index contributed by atoms with van der Waals surface area (Å²) < 4.78 is 1.90. The van der Waals surface area contributed by atoms with Gasteiger partial charge in [-0.25, -0.2) is 4.98 Å². The number of fused-ring (bicyclic) bond motifs is 1. The first-order valence-corrected chi connectivity index (χ1v) is 10.6. The van der Waals surface area contributed by atoms with Gasteiger partial charge in [0.15, 0.2) is 4.96 Å². The number of hydrogen-bond acceptors (Lipinski definition) is 4. The van der Waals surface area contributed by atoms with Gasteiger partial charge in [0.25, 0.3) is 5.91 Å². The number of piperidine rings is 1. The van der Waals surface area contributed by atoms with Crippen LogP contribution in [0.4, 0.5) is 0 Å². The summed E-state index contributed by atoms with van der Waals surface area (Å²) in [6.07, 6.45) is 6.37. The number of aryl methyl sites for hydroxylation is 2. The Kier molecular flexibility index (Phi) is 5.55. The van der Waals surface area contributed by atoms with Crippen molar-refractivity contribution in [2.75, 3.05) is 19.6 Å². The summed E-state index contributed by atoms with van der Waals surface area (Å²) in [5.41, 5.74) is 2.87. The molecular formula is C21H26N4OS. The number of nitrogens with zero attached hydrogens (tertiary/aromatic N) is 3. The van der Waals surface area contributed by atoms with Crippen LogP contribution in [-0.4, -0.2) is 45.9 Å². The van der Waals surface area contributed by atoms with Gasteiger partial charge in [0, 0.05) is 24.2 Å². The molecule has 0 spiro atoms. The van der Waals surface area contributed by atoms with E-state index in [2.05, 4.69) is 45.5 Å². The second-order valence-electron chi connectivity index (χ2n) is 7.30. The first-order chi connectivity index (χ1) is 13.2. The van der Waals surface area contributed by atoms with Crippen LogP contribution in [0.3, 0.4) is 0 Å². The highest BCUT2D eigenvalue weighted by molar-refractivity contribution is 7.15. The van der Waals surface area contributed by atoms with Crippen molar-refractivity contribution in [1.82, 2.24) is 19.6 Å². The molecule has 2 aromatic heterocycles. The van der Waals surface area contributed by atoms with Gasteiger partial charge < -0.3 is 10.2 Å². The minimum Gasteiger partial charge on any atom is -0.347 e. The second kappa shape index (κ2) is 8.23. The van der Waals surface area contributed by atoms with Crippen LogP contribution in [0.25, 0.3) is 4.96 Å². The number of carbonyl (C=O) groups is 1. The zero-order chi connectivity index (χ0) is 18.6. The van der Waals surface area contributed by atoms with E-state index < -0.39 is 0 Å². The summed E-state index contributed by atoms with van der Waals surface area (Å²) >= 11 is 1.56. The van der Waals surface area contributed by atoms with E-state index in [0.717, 1.165) is 56.0 Å². The highest BCUT2D eigenvalue weighted by atomic mass is 32.1. The van der Waals surface area contributed by atoms with Crippen molar-refractivity contribution in [2.24, 2.45) is 0 Å². The van der Waals surface area contributed by atoms with Crippen molar-refractivity contribution in [3.05, 3.63) is 58.9 Å². The molecule has 142 valence electrons. The third-order valence-corrected chi connectivity index (χ3v) is 6.03. The predicted molar refractivity (Wildman–Crippen MR) is 109 cm³/mol. The maximum Gasteiger partial charge on any atom is 0.270 e. The van der Waals surface area contributed by atoms with E-state index in [-0.39, 0.29) is 11.9 Å². The van der Waals surface area contributed by atoms with Crippen LogP contribution >= 0.6 is 11.3 Å². The molecule has 27 heavy (non-hydrogen) atoms. The third-order valence-electron chi connectivity index (χ3n) is 5.27. The van der Waals surface area contributed by atoms with Crippen LogP contribution in [0.1, 0.15) is 41.0 Å². The number of thiazole rings is 1. The summed E-state index contributed by atoms with van der Waals surface area (Å²) in [6.45, 7) is 5.06. The molecule has 0 radical (unpaired) electrons. The van der Waals surface area contributed by atoms with Crippen LogP contribution < -0.4 is 5.32 Å². The fourth-order valence-corrected chi connectivity index (χ4v) is 4.71. The minimum absolute atomic E-state index is 0.00506. The van der Waals surface area contributed by atoms with E-state index in [1.165, 1.54) is 5.56 Å². The third kappa shape index (κ3) is 4.22. The average molecular weight is 383 g/mol. The van der Waals surface area contributed by atoms with Gasteiger partial charge in [-0.15, -0.1) is 11.3 Å². The van der Waals surface area contributed by atoms with Crippen LogP contribution in [-0.2, 0) is 6.42 Å². The Balaban J connectivity index is 1.31. The van der Waals surface area contributed by atoms with Gasteiger partial charge in [0.05, 0.1) is 5.69 Å².